The number of hydrogen-bond acceptors (Lipinski definition) is 3. The Morgan fingerprint density at radius 1 is 1.17 bits per heavy atom. The molecule has 24 heavy (non-hydrogen) atoms. The van der Waals surface area contributed by atoms with Crippen LogP contribution in [0.4, 0.5) is 0 Å². The number of likely N-dealkylation sites (tertiary alicyclic amines) is 1. The third-order valence-corrected chi connectivity index (χ3v) is 5.91. The first-order valence-electron chi connectivity index (χ1n) is 8.85. The fraction of sp³-hybridized carbons (Fsp3) is 0.526. The molecule has 1 atom stereocenters. The Hall–Kier alpha value is -2.17. The zero-order valence-corrected chi connectivity index (χ0v) is 14.4. The van der Waals surface area contributed by atoms with Gasteiger partial charge in [-0.05, 0) is 25.3 Å². The minimum absolute atomic E-state index is 0.0191. The molecule has 5 heteroatoms. The summed E-state index contributed by atoms with van der Waals surface area (Å²) in [6.45, 7) is 2.75. The average Bonchev–Trinajstić information content (AvgIpc) is 2.93. The Bertz CT molecular complexity index is 746. The van der Waals surface area contributed by atoms with Crippen LogP contribution in [0.2, 0.25) is 0 Å². The molecule has 1 saturated heterocycles. The number of aryl methyl sites for hydroxylation is 1. The van der Waals surface area contributed by atoms with Crippen LogP contribution in [0, 0.1) is 12.3 Å². The van der Waals surface area contributed by atoms with E-state index in [2.05, 4.69) is 34.6 Å². The Morgan fingerprint density at radius 3 is 2.50 bits per heavy atom. The van der Waals surface area contributed by atoms with Crippen LogP contribution in [-0.4, -0.2) is 32.3 Å². The van der Waals surface area contributed by atoms with Crippen molar-refractivity contribution >= 4 is 5.91 Å². The molecule has 2 fully saturated rings. The molecule has 1 aromatic heterocycles. The molecule has 1 aromatic carbocycles. The first kappa shape index (κ1) is 15.4. The van der Waals surface area contributed by atoms with Gasteiger partial charge < -0.3 is 4.90 Å². The second-order valence-electron chi connectivity index (χ2n) is 7.32. The van der Waals surface area contributed by atoms with E-state index in [9.17, 15) is 4.79 Å². The van der Waals surface area contributed by atoms with Crippen molar-refractivity contribution in [2.45, 2.75) is 45.1 Å². The summed E-state index contributed by atoms with van der Waals surface area (Å²) in [6, 6.07) is 10.7. The second-order valence-corrected chi connectivity index (χ2v) is 7.32. The molecule has 2 aliphatic rings. The van der Waals surface area contributed by atoms with Gasteiger partial charge in [-0.25, -0.2) is 0 Å². The molecule has 2 heterocycles. The number of aromatic nitrogens is 3. The van der Waals surface area contributed by atoms with Crippen LogP contribution >= 0.6 is 0 Å². The van der Waals surface area contributed by atoms with E-state index in [0.717, 1.165) is 12.2 Å². The Balaban J connectivity index is 1.68. The van der Waals surface area contributed by atoms with E-state index in [-0.39, 0.29) is 17.4 Å². The minimum Gasteiger partial charge on any atom is -0.329 e. The van der Waals surface area contributed by atoms with Crippen LogP contribution in [0.5, 0.6) is 0 Å². The van der Waals surface area contributed by atoms with Gasteiger partial charge in [0.1, 0.15) is 0 Å². The lowest BCUT2D eigenvalue weighted by atomic mass is 9.61. The number of hydrogen-bond donors (Lipinski definition) is 0. The topological polar surface area (TPSA) is 51.0 Å². The van der Waals surface area contributed by atoms with Crippen molar-refractivity contribution in [1.29, 1.82) is 0 Å². The molecule has 0 bridgehead atoms. The molecule has 4 rings (SSSR count). The van der Waals surface area contributed by atoms with Crippen molar-refractivity contribution in [2.75, 3.05) is 6.54 Å². The first-order chi connectivity index (χ1) is 11.6. The van der Waals surface area contributed by atoms with Gasteiger partial charge >= 0.3 is 0 Å². The molecule has 1 amide bonds. The van der Waals surface area contributed by atoms with Crippen LogP contribution in [0.1, 0.15) is 59.9 Å². The average molecular weight is 324 g/mol. The lowest BCUT2D eigenvalue weighted by molar-refractivity contribution is -0.0773. The highest BCUT2D eigenvalue weighted by atomic mass is 16.2. The van der Waals surface area contributed by atoms with Crippen LogP contribution < -0.4 is 0 Å². The molecular formula is C19H24N4O. The Morgan fingerprint density at radius 2 is 1.88 bits per heavy atom. The molecule has 1 spiro atoms. The summed E-state index contributed by atoms with van der Waals surface area (Å²) in [6.07, 6.45) is 6.30. The maximum absolute atomic E-state index is 13.1. The van der Waals surface area contributed by atoms with Crippen molar-refractivity contribution in [1.82, 2.24) is 19.9 Å². The molecule has 1 aliphatic carbocycles. The van der Waals surface area contributed by atoms with Crippen molar-refractivity contribution < 1.29 is 4.79 Å². The zero-order valence-electron chi connectivity index (χ0n) is 14.4. The van der Waals surface area contributed by atoms with Gasteiger partial charge in [-0.1, -0.05) is 54.8 Å². The predicted molar refractivity (Wildman–Crippen MR) is 91.5 cm³/mol. The second kappa shape index (κ2) is 5.72. The number of nitrogens with zero attached hydrogens (tertiary/aromatic N) is 4. The van der Waals surface area contributed by atoms with Crippen LogP contribution in [-0.2, 0) is 7.05 Å². The lowest BCUT2D eigenvalue weighted by Crippen LogP contribution is -2.61. The monoisotopic (exact) mass is 324 g/mol. The van der Waals surface area contributed by atoms with E-state index in [1.807, 2.05) is 24.9 Å². The highest BCUT2D eigenvalue weighted by Gasteiger charge is 2.55. The highest BCUT2D eigenvalue weighted by Crippen LogP contribution is 2.57. The minimum atomic E-state index is 0.0191. The van der Waals surface area contributed by atoms with E-state index in [1.165, 1.54) is 37.7 Å². The fourth-order valence-electron chi connectivity index (χ4n) is 4.52. The van der Waals surface area contributed by atoms with Gasteiger partial charge in [-0.3, -0.25) is 9.48 Å². The molecule has 126 valence electrons. The van der Waals surface area contributed by atoms with Gasteiger partial charge in [-0.15, -0.1) is 5.10 Å². The number of benzene rings is 1. The van der Waals surface area contributed by atoms with E-state index < -0.39 is 0 Å². The molecule has 0 N–H and O–H groups in total. The molecule has 5 nitrogen and oxygen atoms in total. The summed E-state index contributed by atoms with van der Waals surface area (Å²) in [5.41, 5.74) is 2.83. The van der Waals surface area contributed by atoms with Gasteiger partial charge in [0, 0.05) is 19.0 Å². The smallest absolute Gasteiger partial charge is 0.276 e. The standard InChI is InChI=1S/C19H24N4O/c1-14-16(20-21-22(14)2)18(24)23-13-19(11-7-4-8-12-19)17(23)15-9-5-3-6-10-15/h3,5-6,9-10,17H,4,7-8,11-13H2,1-2H3/t17-/m0/s1. The highest BCUT2D eigenvalue weighted by molar-refractivity contribution is 5.94. The number of rotatable bonds is 2. The third-order valence-electron chi connectivity index (χ3n) is 5.91. The Kier molecular flexibility index (Phi) is 3.66. The van der Waals surface area contributed by atoms with Gasteiger partial charge in [0.05, 0.1) is 11.7 Å². The maximum Gasteiger partial charge on any atom is 0.276 e. The quantitative estimate of drug-likeness (QED) is 0.852. The summed E-state index contributed by atoms with van der Waals surface area (Å²) in [7, 11) is 1.83. The molecule has 0 unspecified atom stereocenters. The molecule has 0 radical (unpaired) electrons. The van der Waals surface area contributed by atoms with Gasteiger partial charge in [0.2, 0.25) is 0 Å². The van der Waals surface area contributed by atoms with E-state index >= 15 is 0 Å². The summed E-state index contributed by atoms with van der Waals surface area (Å²) in [5.74, 6) is 0.0191. The van der Waals surface area contributed by atoms with Gasteiger partial charge in [-0.2, -0.15) is 0 Å². The number of carbonyl (C=O) groups excluding carboxylic acids is 1. The van der Waals surface area contributed by atoms with Gasteiger partial charge in [0.15, 0.2) is 5.69 Å². The van der Waals surface area contributed by atoms with Crippen LogP contribution in [0.25, 0.3) is 0 Å². The largest absolute Gasteiger partial charge is 0.329 e. The Labute approximate surface area is 142 Å². The molecule has 1 aliphatic heterocycles. The van der Waals surface area contributed by atoms with Crippen molar-refractivity contribution in [3.63, 3.8) is 0 Å². The molecule has 2 aromatic rings. The van der Waals surface area contributed by atoms with Crippen LogP contribution in [0.15, 0.2) is 30.3 Å². The number of carbonyl (C=O) groups is 1. The number of amides is 1. The summed E-state index contributed by atoms with van der Waals surface area (Å²) >= 11 is 0. The molecular weight excluding hydrogens is 300 g/mol. The van der Waals surface area contributed by atoms with Crippen LogP contribution in [0.3, 0.4) is 0 Å². The van der Waals surface area contributed by atoms with Crippen molar-refractivity contribution in [3.05, 3.63) is 47.3 Å². The van der Waals surface area contributed by atoms with Crippen molar-refractivity contribution in [3.8, 4) is 0 Å². The summed E-state index contributed by atoms with van der Waals surface area (Å²) < 4.78 is 1.67. The normalized spacial score (nSPS) is 22.4. The van der Waals surface area contributed by atoms with E-state index in [4.69, 9.17) is 0 Å². The summed E-state index contributed by atoms with van der Waals surface area (Å²) in [4.78, 5) is 15.1. The SMILES string of the molecule is Cc1c(C(=O)N2CC3(CCCCC3)[C@@H]2c2ccccc2)nnn1C. The van der Waals surface area contributed by atoms with Gasteiger partial charge in [0.25, 0.3) is 5.91 Å². The lowest BCUT2D eigenvalue weighted by Gasteiger charge is -2.59. The molecule has 1 saturated carbocycles. The van der Waals surface area contributed by atoms with Crippen molar-refractivity contribution in [2.24, 2.45) is 12.5 Å². The fourth-order valence-corrected chi connectivity index (χ4v) is 4.52. The summed E-state index contributed by atoms with van der Waals surface area (Å²) in [5, 5.41) is 8.10. The first-order valence-corrected chi connectivity index (χ1v) is 8.85. The predicted octanol–water partition coefficient (Wildman–Crippen LogP) is 3.27. The third kappa shape index (κ3) is 2.26. The zero-order chi connectivity index (χ0) is 16.7. The van der Waals surface area contributed by atoms with E-state index in [0.29, 0.717) is 5.69 Å². The maximum atomic E-state index is 13.1. The van der Waals surface area contributed by atoms with E-state index in [1.54, 1.807) is 4.68 Å².